The maximum Gasteiger partial charge on any atom is 0.408 e. The SMILES string of the molecule is N#CC1(NC(=O)C2CC(S(=O)(=O)c3ccccc3Cl)CN2C(=O)O)CC1. The first kappa shape index (κ1) is 18.5. The number of likely N-dealkylation sites (tertiary alicyclic amines) is 1. The summed E-state index contributed by atoms with van der Waals surface area (Å²) in [5, 5.41) is 19.9. The molecule has 1 heterocycles. The van der Waals surface area contributed by atoms with Crippen LogP contribution in [0.5, 0.6) is 0 Å². The zero-order valence-electron chi connectivity index (χ0n) is 13.6. The van der Waals surface area contributed by atoms with E-state index in [2.05, 4.69) is 5.32 Å². The van der Waals surface area contributed by atoms with Crippen LogP contribution in [0.25, 0.3) is 0 Å². The minimum Gasteiger partial charge on any atom is -0.465 e. The topological polar surface area (TPSA) is 128 Å². The molecule has 2 fully saturated rings. The van der Waals surface area contributed by atoms with Crippen molar-refractivity contribution in [3.63, 3.8) is 0 Å². The lowest BCUT2D eigenvalue weighted by Gasteiger charge is -2.21. The summed E-state index contributed by atoms with van der Waals surface area (Å²) in [6.07, 6.45) is -0.580. The van der Waals surface area contributed by atoms with Gasteiger partial charge in [0.2, 0.25) is 5.91 Å². The number of halogens is 1. The summed E-state index contributed by atoms with van der Waals surface area (Å²) in [6, 6.07) is 6.73. The number of nitrogens with one attached hydrogen (secondary N) is 1. The van der Waals surface area contributed by atoms with Gasteiger partial charge < -0.3 is 10.4 Å². The summed E-state index contributed by atoms with van der Waals surface area (Å²) in [7, 11) is -3.92. The molecular formula is C16H16ClN3O5S. The average molecular weight is 398 g/mol. The largest absolute Gasteiger partial charge is 0.465 e. The fourth-order valence-electron chi connectivity index (χ4n) is 3.05. The minimum absolute atomic E-state index is 0.0451. The van der Waals surface area contributed by atoms with Gasteiger partial charge in [-0.3, -0.25) is 9.69 Å². The molecular weight excluding hydrogens is 382 g/mol. The third-order valence-electron chi connectivity index (χ3n) is 4.72. The van der Waals surface area contributed by atoms with Gasteiger partial charge in [-0.1, -0.05) is 23.7 Å². The van der Waals surface area contributed by atoms with Crippen LogP contribution in [0.15, 0.2) is 29.2 Å². The van der Waals surface area contributed by atoms with E-state index in [-0.39, 0.29) is 22.9 Å². The summed E-state index contributed by atoms with van der Waals surface area (Å²) in [5.41, 5.74) is -0.957. The second-order valence-electron chi connectivity index (χ2n) is 6.47. The van der Waals surface area contributed by atoms with E-state index in [0.717, 1.165) is 4.90 Å². The van der Waals surface area contributed by atoms with E-state index in [0.29, 0.717) is 12.8 Å². The Hall–Kier alpha value is -2.31. The second kappa shape index (κ2) is 6.45. The molecule has 3 rings (SSSR count). The standard InChI is InChI=1S/C16H16ClN3O5S/c17-11-3-1-2-4-13(11)26(24,25)10-7-12(20(8-10)15(22)23)14(21)19-16(9-18)5-6-16/h1-4,10,12H,5-8H2,(H,19,21)(H,22,23). The van der Waals surface area contributed by atoms with E-state index in [4.69, 9.17) is 16.9 Å². The molecule has 8 nitrogen and oxygen atoms in total. The lowest BCUT2D eigenvalue weighted by Crippen LogP contribution is -2.49. The van der Waals surface area contributed by atoms with Gasteiger partial charge in [0.25, 0.3) is 0 Å². The second-order valence-corrected chi connectivity index (χ2v) is 9.07. The lowest BCUT2D eigenvalue weighted by molar-refractivity contribution is -0.125. The number of nitriles is 1. The quantitative estimate of drug-likeness (QED) is 0.790. The van der Waals surface area contributed by atoms with E-state index in [1.165, 1.54) is 18.2 Å². The number of carbonyl (C=O) groups is 2. The zero-order chi connectivity index (χ0) is 19.1. The van der Waals surface area contributed by atoms with Crippen LogP contribution >= 0.6 is 11.6 Å². The number of hydrogen-bond acceptors (Lipinski definition) is 5. The van der Waals surface area contributed by atoms with Gasteiger partial charge in [-0.15, -0.1) is 0 Å². The fraction of sp³-hybridized carbons (Fsp3) is 0.438. The zero-order valence-corrected chi connectivity index (χ0v) is 15.1. The monoisotopic (exact) mass is 397 g/mol. The molecule has 0 radical (unpaired) electrons. The lowest BCUT2D eigenvalue weighted by atomic mass is 10.2. The van der Waals surface area contributed by atoms with Crippen molar-refractivity contribution in [1.82, 2.24) is 10.2 Å². The Balaban J connectivity index is 1.85. The fourth-order valence-corrected chi connectivity index (χ4v) is 5.26. The van der Waals surface area contributed by atoms with E-state index in [1.54, 1.807) is 6.07 Å². The van der Waals surface area contributed by atoms with E-state index in [9.17, 15) is 23.1 Å². The Kier molecular flexibility index (Phi) is 4.58. The average Bonchev–Trinajstić information content (AvgIpc) is 3.20. The third-order valence-corrected chi connectivity index (χ3v) is 7.35. The number of carboxylic acid groups (broad SMARTS) is 1. The normalized spacial score (nSPS) is 23.9. The molecule has 0 bridgehead atoms. The van der Waals surface area contributed by atoms with Crippen LogP contribution < -0.4 is 5.32 Å². The Morgan fingerprint density at radius 1 is 1.35 bits per heavy atom. The molecule has 1 aliphatic heterocycles. The van der Waals surface area contributed by atoms with E-state index in [1.807, 2.05) is 6.07 Å². The van der Waals surface area contributed by atoms with Crippen molar-refractivity contribution in [2.45, 2.75) is 41.0 Å². The van der Waals surface area contributed by atoms with Gasteiger partial charge in [0.15, 0.2) is 9.84 Å². The number of carbonyl (C=O) groups excluding carboxylic acids is 1. The van der Waals surface area contributed by atoms with Gasteiger partial charge in [-0.25, -0.2) is 13.2 Å². The highest BCUT2D eigenvalue weighted by Gasteiger charge is 2.50. The highest BCUT2D eigenvalue weighted by Crippen LogP contribution is 2.36. The first-order chi connectivity index (χ1) is 12.2. The van der Waals surface area contributed by atoms with Crippen molar-refractivity contribution in [2.75, 3.05) is 6.54 Å². The summed E-state index contributed by atoms with van der Waals surface area (Å²) in [4.78, 5) is 24.7. The van der Waals surface area contributed by atoms with E-state index < -0.39 is 38.7 Å². The summed E-state index contributed by atoms with van der Waals surface area (Å²) in [6.45, 7) is -0.333. The van der Waals surface area contributed by atoms with Crippen molar-refractivity contribution in [2.24, 2.45) is 0 Å². The highest BCUT2D eigenvalue weighted by molar-refractivity contribution is 7.92. The van der Waals surface area contributed by atoms with Crippen LogP contribution in [-0.2, 0) is 14.6 Å². The van der Waals surface area contributed by atoms with Crippen LogP contribution in [0.2, 0.25) is 5.02 Å². The molecule has 1 aromatic carbocycles. The van der Waals surface area contributed by atoms with Crippen LogP contribution in [0.1, 0.15) is 19.3 Å². The molecule has 1 aliphatic carbocycles. The third kappa shape index (κ3) is 3.22. The predicted octanol–water partition coefficient (Wildman–Crippen LogP) is 1.41. The van der Waals surface area contributed by atoms with Gasteiger partial charge in [0.1, 0.15) is 11.6 Å². The maximum atomic E-state index is 12.9. The molecule has 138 valence electrons. The molecule has 0 spiro atoms. The molecule has 26 heavy (non-hydrogen) atoms. The Labute approximate surface area is 155 Å². The molecule has 2 amide bonds. The smallest absolute Gasteiger partial charge is 0.408 e. The van der Waals surface area contributed by atoms with Crippen LogP contribution in [-0.4, -0.2) is 53.8 Å². The summed E-state index contributed by atoms with van der Waals surface area (Å²) in [5.74, 6) is -0.650. The molecule has 2 aliphatic rings. The Morgan fingerprint density at radius 3 is 2.54 bits per heavy atom. The van der Waals surface area contributed by atoms with Crippen molar-refractivity contribution < 1.29 is 23.1 Å². The number of sulfone groups is 1. The number of hydrogen-bond donors (Lipinski definition) is 2. The van der Waals surface area contributed by atoms with Gasteiger partial charge >= 0.3 is 6.09 Å². The molecule has 2 atom stereocenters. The van der Waals surface area contributed by atoms with Crippen LogP contribution in [0.4, 0.5) is 4.79 Å². The Bertz CT molecular complexity index is 907. The predicted molar refractivity (Wildman–Crippen MR) is 91.3 cm³/mol. The number of amides is 2. The van der Waals surface area contributed by atoms with Crippen molar-refractivity contribution >= 4 is 33.4 Å². The summed E-state index contributed by atoms with van der Waals surface area (Å²) < 4.78 is 25.7. The molecule has 10 heteroatoms. The first-order valence-corrected chi connectivity index (χ1v) is 9.84. The summed E-state index contributed by atoms with van der Waals surface area (Å²) >= 11 is 5.97. The molecule has 2 unspecified atom stereocenters. The van der Waals surface area contributed by atoms with Crippen molar-refractivity contribution in [3.8, 4) is 6.07 Å². The van der Waals surface area contributed by atoms with Gasteiger partial charge in [0.05, 0.1) is 21.2 Å². The number of benzene rings is 1. The maximum absolute atomic E-state index is 12.9. The Morgan fingerprint density at radius 2 is 2.00 bits per heavy atom. The first-order valence-electron chi connectivity index (χ1n) is 7.91. The minimum atomic E-state index is -3.92. The number of rotatable bonds is 4. The molecule has 1 saturated heterocycles. The van der Waals surface area contributed by atoms with Crippen molar-refractivity contribution in [1.29, 1.82) is 5.26 Å². The van der Waals surface area contributed by atoms with Crippen LogP contribution in [0.3, 0.4) is 0 Å². The van der Waals surface area contributed by atoms with Gasteiger partial charge in [-0.2, -0.15) is 5.26 Å². The molecule has 2 N–H and O–H groups in total. The molecule has 1 saturated carbocycles. The van der Waals surface area contributed by atoms with Gasteiger partial charge in [0, 0.05) is 6.54 Å². The van der Waals surface area contributed by atoms with Crippen molar-refractivity contribution in [3.05, 3.63) is 29.3 Å². The molecule has 1 aromatic rings. The highest BCUT2D eigenvalue weighted by atomic mass is 35.5. The molecule has 0 aromatic heterocycles. The van der Waals surface area contributed by atoms with Crippen LogP contribution in [0, 0.1) is 11.3 Å². The van der Waals surface area contributed by atoms with E-state index >= 15 is 0 Å². The van der Waals surface area contributed by atoms with Gasteiger partial charge in [-0.05, 0) is 31.4 Å². The number of nitrogens with zero attached hydrogens (tertiary/aromatic N) is 2.